The Bertz CT molecular complexity index is 1800. The van der Waals surface area contributed by atoms with E-state index in [1.165, 1.54) is 36.9 Å². The summed E-state index contributed by atoms with van der Waals surface area (Å²) in [5.41, 5.74) is 3.57. The van der Waals surface area contributed by atoms with Gasteiger partial charge in [-0.05, 0) is 49.7 Å². The summed E-state index contributed by atoms with van der Waals surface area (Å²) in [4.78, 5) is 30.8. The van der Waals surface area contributed by atoms with Gasteiger partial charge in [0, 0.05) is 16.8 Å². The molecule has 1 aliphatic rings. The lowest BCUT2D eigenvalue weighted by molar-refractivity contribution is 0.0949. The maximum absolute atomic E-state index is 14.3. The number of thiazole rings is 1. The van der Waals surface area contributed by atoms with Crippen molar-refractivity contribution in [3.8, 4) is 28.0 Å². The molecule has 2 aromatic carbocycles. The fourth-order valence-electron chi connectivity index (χ4n) is 4.67. The van der Waals surface area contributed by atoms with Crippen LogP contribution in [0.3, 0.4) is 0 Å². The number of fused-ring (bicyclic) bond motifs is 4. The van der Waals surface area contributed by atoms with Gasteiger partial charge in [-0.3, -0.25) is 9.88 Å². The number of hydrogen-bond acceptors (Lipinski definition) is 9. The highest BCUT2D eigenvalue weighted by atomic mass is 32.1. The Kier molecular flexibility index (Phi) is 6.73. The number of carboxylic acid groups (broad SMARTS) is 1. The van der Waals surface area contributed by atoms with Crippen molar-refractivity contribution in [3.63, 3.8) is 0 Å². The number of carbonyl (C=O) groups is 1. The van der Waals surface area contributed by atoms with Gasteiger partial charge in [-0.25, -0.2) is 28.5 Å². The first kappa shape index (κ1) is 26.6. The molecule has 10 nitrogen and oxygen atoms in total. The highest BCUT2D eigenvalue weighted by Gasteiger charge is 2.31. The maximum atomic E-state index is 14.3. The lowest BCUT2D eigenvalue weighted by atomic mass is 10.1. The molecule has 0 spiro atoms. The second-order valence-corrected chi connectivity index (χ2v) is 10.5. The molecule has 0 radical (unpaired) electrons. The van der Waals surface area contributed by atoms with E-state index in [4.69, 9.17) is 14.2 Å². The topological polar surface area (TPSA) is 120 Å². The number of halogens is 2. The third-order valence-corrected chi connectivity index (χ3v) is 7.68. The maximum Gasteiger partial charge on any atom is 0.411 e. The van der Waals surface area contributed by atoms with E-state index in [1.54, 1.807) is 19.1 Å². The van der Waals surface area contributed by atoms with E-state index < -0.39 is 18.6 Å². The number of aromatic nitrogens is 4. The SMILES string of the molecule is COc1cnc2c(-c3nc4c(C(F)F)cc5c(c4s3)OC[C@@H](CN(C(=O)O)c3ccc(C)nc3)O5)cc(C)cc2n1. The highest BCUT2D eigenvalue weighted by Crippen LogP contribution is 2.48. The molecule has 3 aromatic heterocycles. The summed E-state index contributed by atoms with van der Waals surface area (Å²) < 4.78 is 46.2. The molecule has 5 aromatic rings. The zero-order valence-electron chi connectivity index (χ0n) is 22.1. The quantitative estimate of drug-likeness (QED) is 0.251. The van der Waals surface area contributed by atoms with Crippen LogP contribution in [0.5, 0.6) is 17.4 Å². The van der Waals surface area contributed by atoms with Crippen molar-refractivity contribution < 1.29 is 32.9 Å². The van der Waals surface area contributed by atoms with Crippen LogP contribution in [0.25, 0.3) is 31.8 Å². The Morgan fingerprint density at radius 3 is 2.71 bits per heavy atom. The molecule has 4 heterocycles. The van der Waals surface area contributed by atoms with Gasteiger partial charge in [-0.1, -0.05) is 0 Å². The van der Waals surface area contributed by atoms with E-state index in [0.29, 0.717) is 37.9 Å². The molecule has 0 saturated heterocycles. The summed E-state index contributed by atoms with van der Waals surface area (Å²) >= 11 is 1.19. The van der Waals surface area contributed by atoms with Gasteiger partial charge in [0.2, 0.25) is 5.88 Å². The molecule has 1 N–H and O–H groups in total. The molecule has 0 fully saturated rings. The van der Waals surface area contributed by atoms with E-state index in [-0.39, 0.29) is 35.7 Å². The average Bonchev–Trinajstić information content (AvgIpc) is 3.40. The van der Waals surface area contributed by atoms with E-state index in [0.717, 1.165) is 16.2 Å². The number of hydrogen-bond donors (Lipinski definition) is 1. The minimum atomic E-state index is -2.84. The van der Waals surface area contributed by atoms with Crippen LogP contribution in [0.15, 0.2) is 42.7 Å². The monoisotopic (exact) mass is 579 g/mol. The first-order chi connectivity index (χ1) is 19.7. The number of nitrogens with zero attached hydrogens (tertiary/aromatic N) is 5. The molecule has 1 atom stereocenters. The average molecular weight is 580 g/mol. The molecule has 0 saturated carbocycles. The minimum Gasteiger partial charge on any atom is -0.484 e. The Morgan fingerprint density at radius 1 is 1.17 bits per heavy atom. The molecule has 0 unspecified atom stereocenters. The van der Waals surface area contributed by atoms with E-state index >= 15 is 0 Å². The van der Waals surface area contributed by atoms with Gasteiger partial charge in [0.15, 0.2) is 17.6 Å². The number of amides is 1. The number of anilines is 1. The van der Waals surface area contributed by atoms with Crippen LogP contribution in [-0.4, -0.2) is 57.5 Å². The summed E-state index contributed by atoms with van der Waals surface area (Å²) in [6.07, 6.45) is -1.85. The lowest BCUT2D eigenvalue weighted by Crippen LogP contribution is -2.43. The largest absolute Gasteiger partial charge is 0.484 e. The van der Waals surface area contributed by atoms with E-state index in [9.17, 15) is 18.7 Å². The van der Waals surface area contributed by atoms with Crippen LogP contribution >= 0.6 is 11.3 Å². The number of pyridine rings is 1. The number of methoxy groups -OCH3 is 1. The van der Waals surface area contributed by atoms with Gasteiger partial charge in [0.05, 0.1) is 48.3 Å². The van der Waals surface area contributed by atoms with Crippen LogP contribution in [0.2, 0.25) is 0 Å². The fraction of sp³-hybridized carbons (Fsp3) is 0.250. The third kappa shape index (κ3) is 4.92. The molecule has 0 bridgehead atoms. The summed E-state index contributed by atoms with van der Waals surface area (Å²) in [7, 11) is 1.50. The standard InChI is InChI=1S/C28H23F2N5O5S/c1-13-6-18(22-19(7-13)33-21(38-3)10-32-22)27-34-23-17(26(29)30)8-20-24(25(23)41-27)39-12-16(40-20)11-35(28(36)37)15-5-4-14(2)31-9-15/h4-10,16,26H,11-12H2,1-3H3,(H,36,37)/t16-/m1/s1. The molecule has 210 valence electrons. The van der Waals surface area contributed by atoms with Gasteiger partial charge in [0.25, 0.3) is 6.43 Å². The first-order valence-corrected chi connectivity index (χ1v) is 13.3. The van der Waals surface area contributed by atoms with Crippen molar-refractivity contribution in [2.45, 2.75) is 26.4 Å². The number of aryl methyl sites for hydroxylation is 2. The molecular weight excluding hydrogens is 556 g/mol. The second-order valence-electron chi connectivity index (χ2n) is 9.48. The number of ether oxygens (including phenoxy) is 3. The van der Waals surface area contributed by atoms with Gasteiger partial charge in [-0.2, -0.15) is 0 Å². The predicted molar refractivity (Wildman–Crippen MR) is 149 cm³/mol. The van der Waals surface area contributed by atoms with E-state index in [2.05, 4.69) is 19.9 Å². The summed E-state index contributed by atoms with van der Waals surface area (Å²) in [5, 5.41) is 10.3. The van der Waals surface area contributed by atoms with Crippen LogP contribution in [0.1, 0.15) is 23.2 Å². The van der Waals surface area contributed by atoms with Crippen molar-refractivity contribution in [2.75, 3.05) is 25.2 Å². The molecule has 1 amide bonds. The zero-order chi connectivity index (χ0) is 28.8. The van der Waals surface area contributed by atoms with Crippen molar-refractivity contribution in [2.24, 2.45) is 0 Å². The lowest BCUT2D eigenvalue weighted by Gasteiger charge is -2.30. The van der Waals surface area contributed by atoms with Gasteiger partial charge >= 0.3 is 6.09 Å². The van der Waals surface area contributed by atoms with Gasteiger partial charge in [-0.15, -0.1) is 11.3 Å². The summed E-state index contributed by atoms with van der Waals surface area (Å²) in [5.74, 6) is 0.742. The smallest absolute Gasteiger partial charge is 0.411 e. The van der Waals surface area contributed by atoms with Crippen LogP contribution in [0, 0.1) is 13.8 Å². The van der Waals surface area contributed by atoms with Crippen LogP contribution in [-0.2, 0) is 0 Å². The number of alkyl halides is 2. The van der Waals surface area contributed by atoms with Crippen LogP contribution in [0.4, 0.5) is 19.3 Å². The molecule has 13 heteroatoms. The Balaban J connectivity index is 1.39. The molecular formula is C28H23F2N5O5S. The van der Waals surface area contributed by atoms with Crippen LogP contribution < -0.4 is 19.1 Å². The Hall–Kier alpha value is -4.65. The van der Waals surface area contributed by atoms with Crippen molar-refractivity contribution in [1.29, 1.82) is 0 Å². The zero-order valence-corrected chi connectivity index (χ0v) is 22.9. The Labute approximate surface area is 236 Å². The minimum absolute atomic E-state index is 0.00503. The molecule has 1 aliphatic heterocycles. The highest BCUT2D eigenvalue weighted by molar-refractivity contribution is 7.22. The fourth-order valence-corrected chi connectivity index (χ4v) is 5.78. The van der Waals surface area contributed by atoms with Gasteiger partial charge < -0.3 is 19.3 Å². The van der Waals surface area contributed by atoms with Gasteiger partial charge in [0.1, 0.15) is 16.3 Å². The summed E-state index contributed by atoms with van der Waals surface area (Å²) in [6.45, 7) is 3.61. The summed E-state index contributed by atoms with van der Waals surface area (Å²) in [6, 6.07) is 8.30. The number of rotatable bonds is 6. The normalized spacial score (nSPS) is 14.5. The third-order valence-electron chi connectivity index (χ3n) is 6.59. The molecule has 6 rings (SSSR count). The molecule has 41 heavy (non-hydrogen) atoms. The van der Waals surface area contributed by atoms with Crippen molar-refractivity contribution in [3.05, 3.63) is 59.5 Å². The van der Waals surface area contributed by atoms with Crippen molar-refractivity contribution >= 4 is 44.4 Å². The Morgan fingerprint density at radius 2 is 2.00 bits per heavy atom. The predicted octanol–water partition coefficient (Wildman–Crippen LogP) is 6.19. The molecule has 0 aliphatic carbocycles. The second kappa shape index (κ2) is 10.4. The van der Waals surface area contributed by atoms with Crippen molar-refractivity contribution in [1.82, 2.24) is 19.9 Å². The number of benzene rings is 2. The van der Waals surface area contributed by atoms with E-state index in [1.807, 2.05) is 19.1 Å². The first-order valence-electron chi connectivity index (χ1n) is 12.5.